The number of fused-ring (bicyclic) bond motifs is 1. The van der Waals surface area contributed by atoms with Crippen LogP contribution in [-0.4, -0.2) is 29.8 Å². The van der Waals surface area contributed by atoms with Gasteiger partial charge in [0.05, 0.1) is 25.9 Å². The Morgan fingerprint density at radius 1 is 1.32 bits per heavy atom. The number of hydrogen-bond acceptors (Lipinski definition) is 7. The van der Waals surface area contributed by atoms with Crippen LogP contribution in [0.2, 0.25) is 0 Å². The molecule has 1 aliphatic rings. The van der Waals surface area contributed by atoms with Crippen LogP contribution < -0.4 is 10.1 Å². The van der Waals surface area contributed by atoms with Gasteiger partial charge in [-0.3, -0.25) is 4.79 Å². The second-order valence-corrected chi connectivity index (χ2v) is 7.66. The Balaban J connectivity index is 1.50. The summed E-state index contributed by atoms with van der Waals surface area (Å²) in [5.74, 6) is 1.77. The van der Waals surface area contributed by atoms with Crippen LogP contribution >= 0.6 is 11.3 Å². The van der Waals surface area contributed by atoms with E-state index in [0.29, 0.717) is 37.8 Å². The number of carbonyl (C=O) groups excluding carboxylic acids is 1. The number of aryl methyl sites for hydroxylation is 2. The lowest BCUT2D eigenvalue weighted by Crippen LogP contribution is -2.12. The molecule has 0 unspecified atom stereocenters. The standard InChI is InChI=1S/C20H21N3O4S/c1-12-21-19(27-23-12)18-15-9-10-26-11-16(15)28-20(18)22-17(24)8-5-13-3-6-14(25-2)7-4-13/h3-4,6-7H,5,8-11H2,1-2H3,(H,22,24). The molecule has 1 amide bonds. The number of benzene rings is 1. The van der Waals surface area contributed by atoms with E-state index in [1.165, 1.54) is 11.3 Å². The first-order valence-corrected chi connectivity index (χ1v) is 9.91. The summed E-state index contributed by atoms with van der Waals surface area (Å²) in [5, 5.41) is 7.69. The first-order valence-electron chi connectivity index (χ1n) is 9.10. The first-order chi connectivity index (χ1) is 13.6. The van der Waals surface area contributed by atoms with Crippen molar-refractivity contribution in [3.8, 4) is 17.2 Å². The molecular formula is C20H21N3O4S. The van der Waals surface area contributed by atoms with Crippen LogP contribution in [0.25, 0.3) is 11.5 Å². The van der Waals surface area contributed by atoms with Gasteiger partial charge in [-0.15, -0.1) is 11.3 Å². The van der Waals surface area contributed by atoms with Gasteiger partial charge in [-0.2, -0.15) is 4.98 Å². The average Bonchev–Trinajstić information content (AvgIpc) is 3.29. The Bertz CT molecular complexity index is 978. The zero-order valence-electron chi connectivity index (χ0n) is 15.8. The van der Waals surface area contributed by atoms with Crippen molar-refractivity contribution >= 4 is 22.2 Å². The average molecular weight is 399 g/mol. The normalized spacial score (nSPS) is 13.2. The molecule has 4 rings (SSSR count). The fourth-order valence-electron chi connectivity index (χ4n) is 3.18. The molecule has 2 aromatic heterocycles. The van der Waals surface area contributed by atoms with Gasteiger partial charge in [0.15, 0.2) is 5.82 Å². The Kier molecular flexibility index (Phi) is 5.40. The van der Waals surface area contributed by atoms with E-state index in [9.17, 15) is 4.79 Å². The zero-order chi connectivity index (χ0) is 19.5. The minimum Gasteiger partial charge on any atom is -0.497 e. The minimum atomic E-state index is -0.0483. The number of anilines is 1. The Morgan fingerprint density at radius 2 is 2.14 bits per heavy atom. The predicted molar refractivity (Wildman–Crippen MR) is 106 cm³/mol. The number of nitrogens with one attached hydrogen (secondary N) is 1. The lowest BCUT2D eigenvalue weighted by Gasteiger charge is -2.12. The van der Waals surface area contributed by atoms with Crippen LogP contribution in [-0.2, 0) is 29.0 Å². The summed E-state index contributed by atoms with van der Waals surface area (Å²) in [6, 6.07) is 7.74. The van der Waals surface area contributed by atoms with Gasteiger partial charge >= 0.3 is 0 Å². The van der Waals surface area contributed by atoms with E-state index in [1.807, 2.05) is 24.3 Å². The lowest BCUT2D eigenvalue weighted by atomic mass is 10.1. The fraction of sp³-hybridized carbons (Fsp3) is 0.350. The van der Waals surface area contributed by atoms with Crippen LogP contribution in [0.1, 0.15) is 28.2 Å². The number of hydrogen-bond donors (Lipinski definition) is 1. The van der Waals surface area contributed by atoms with Crippen molar-refractivity contribution in [2.75, 3.05) is 19.0 Å². The summed E-state index contributed by atoms with van der Waals surface area (Å²) in [5.41, 5.74) is 3.05. The molecule has 0 atom stereocenters. The van der Waals surface area contributed by atoms with Gasteiger partial charge in [0.25, 0.3) is 5.89 Å². The summed E-state index contributed by atoms with van der Waals surface area (Å²) in [6.07, 6.45) is 1.80. The van der Waals surface area contributed by atoms with E-state index >= 15 is 0 Å². The van der Waals surface area contributed by atoms with Gasteiger partial charge in [0, 0.05) is 11.3 Å². The van der Waals surface area contributed by atoms with Crippen molar-refractivity contribution in [1.82, 2.24) is 10.1 Å². The number of ether oxygens (including phenoxy) is 2. The largest absolute Gasteiger partial charge is 0.497 e. The van der Waals surface area contributed by atoms with Crippen LogP contribution in [0.3, 0.4) is 0 Å². The van der Waals surface area contributed by atoms with Gasteiger partial charge in [-0.05, 0) is 43.0 Å². The molecule has 1 aliphatic heterocycles. The maximum atomic E-state index is 12.6. The van der Waals surface area contributed by atoms with Crippen molar-refractivity contribution in [3.63, 3.8) is 0 Å². The lowest BCUT2D eigenvalue weighted by molar-refractivity contribution is -0.116. The van der Waals surface area contributed by atoms with E-state index in [1.54, 1.807) is 14.0 Å². The van der Waals surface area contributed by atoms with Crippen LogP contribution in [0.4, 0.5) is 5.00 Å². The number of rotatable bonds is 6. The first kappa shape index (κ1) is 18.6. The third-order valence-electron chi connectivity index (χ3n) is 4.61. The van der Waals surface area contributed by atoms with E-state index in [4.69, 9.17) is 14.0 Å². The number of thiophene rings is 1. The number of carbonyl (C=O) groups is 1. The van der Waals surface area contributed by atoms with E-state index in [-0.39, 0.29) is 5.91 Å². The highest BCUT2D eigenvalue weighted by molar-refractivity contribution is 7.17. The summed E-state index contributed by atoms with van der Waals surface area (Å²) in [6.45, 7) is 2.97. The van der Waals surface area contributed by atoms with Gasteiger partial charge in [0.2, 0.25) is 5.91 Å². The molecule has 146 valence electrons. The maximum absolute atomic E-state index is 12.6. The smallest absolute Gasteiger partial charge is 0.261 e. The zero-order valence-corrected chi connectivity index (χ0v) is 16.6. The van der Waals surface area contributed by atoms with Crippen LogP contribution in [0.15, 0.2) is 28.8 Å². The number of methoxy groups -OCH3 is 1. The molecule has 0 fully saturated rings. The molecule has 0 saturated carbocycles. The quantitative estimate of drug-likeness (QED) is 0.679. The number of nitrogens with zero attached hydrogens (tertiary/aromatic N) is 2. The van der Waals surface area contributed by atoms with Crippen molar-refractivity contribution in [3.05, 3.63) is 46.1 Å². The molecule has 1 aromatic carbocycles. The summed E-state index contributed by atoms with van der Waals surface area (Å²) >= 11 is 1.52. The predicted octanol–water partition coefficient (Wildman–Crippen LogP) is 3.76. The van der Waals surface area contributed by atoms with Gasteiger partial charge in [-0.25, -0.2) is 0 Å². The summed E-state index contributed by atoms with van der Waals surface area (Å²) < 4.78 is 16.1. The van der Waals surface area contributed by atoms with Crippen molar-refractivity contribution in [2.45, 2.75) is 32.8 Å². The Morgan fingerprint density at radius 3 is 2.86 bits per heavy atom. The molecule has 0 saturated heterocycles. The molecule has 3 heterocycles. The summed E-state index contributed by atoms with van der Waals surface area (Å²) in [7, 11) is 1.64. The monoisotopic (exact) mass is 399 g/mol. The molecule has 28 heavy (non-hydrogen) atoms. The van der Waals surface area contributed by atoms with E-state index < -0.39 is 0 Å². The van der Waals surface area contributed by atoms with Crippen LogP contribution in [0, 0.1) is 6.92 Å². The third-order valence-corrected chi connectivity index (χ3v) is 5.74. The molecule has 0 bridgehead atoms. The van der Waals surface area contributed by atoms with Crippen LogP contribution in [0.5, 0.6) is 5.75 Å². The second-order valence-electron chi connectivity index (χ2n) is 6.55. The molecule has 8 heteroatoms. The molecule has 3 aromatic rings. The van der Waals surface area contributed by atoms with Gasteiger partial charge in [0.1, 0.15) is 10.8 Å². The van der Waals surface area contributed by atoms with E-state index in [2.05, 4.69) is 15.5 Å². The van der Waals surface area contributed by atoms with Crippen molar-refractivity contribution < 1.29 is 18.8 Å². The number of amides is 1. The maximum Gasteiger partial charge on any atom is 0.261 e. The number of aromatic nitrogens is 2. The molecule has 0 spiro atoms. The van der Waals surface area contributed by atoms with Gasteiger partial charge in [-0.1, -0.05) is 17.3 Å². The SMILES string of the molecule is COc1ccc(CCC(=O)Nc2sc3c(c2-c2nc(C)no2)CCOC3)cc1. The Labute approximate surface area is 166 Å². The third kappa shape index (κ3) is 3.93. The van der Waals surface area contributed by atoms with Crippen molar-refractivity contribution in [2.24, 2.45) is 0 Å². The molecule has 1 N–H and O–H groups in total. The van der Waals surface area contributed by atoms with Crippen molar-refractivity contribution in [1.29, 1.82) is 0 Å². The van der Waals surface area contributed by atoms with Gasteiger partial charge < -0.3 is 19.3 Å². The molecular weight excluding hydrogens is 378 g/mol. The molecule has 0 radical (unpaired) electrons. The topological polar surface area (TPSA) is 86.5 Å². The Hall–Kier alpha value is -2.71. The highest BCUT2D eigenvalue weighted by Gasteiger charge is 2.26. The highest BCUT2D eigenvalue weighted by Crippen LogP contribution is 2.42. The fourth-order valence-corrected chi connectivity index (χ4v) is 4.38. The minimum absolute atomic E-state index is 0.0483. The molecule has 7 nitrogen and oxygen atoms in total. The summed E-state index contributed by atoms with van der Waals surface area (Å²) in [4.78, 5) is 18.0. The van der Waals surface area contributed by atoms with E-state index in [0.717, 1.165) is 38.7 Å². The molecule has 0 aliphatic carbocycles. The highest BCUT2D eigenvalue weighted by atomic mass is 32.1. The second kappa shape index (κ2) is 8.12.